The van der Waals surface area contributed by atoms with Crippen molar-refractivity contribution < 1.29 is 9.90 Å². The predicted molar refractivity (Wildman–Crippen MR) is 33.1 cm³/mol. The van der Waals surface area contributed by atoms with Gasteiger partial charge in [0.2, 0.25) is 0 Å². The summed E-state index contributed by atoms with van der Waals surface area (Å²) in [6.45, 7) is 0.465. The topological polar surface area (TPSA) is 63.3 Å². The maximum absolute atomic E-state index is 9.70. The van der Waals surface area contributed by atoms with Crippen molar-refractivity contribution in [2.75, 3.05) is 6.54 Å². The third-order valence-corrected chi connectivity index (χ3v) is 0.595. The van der Waals surface area contributed by atoms with Gasteiger partial charge in [-0.1, -0.05) is 0 Å². The summed E-state index contributed by atoms with van der Waals surface area (Å²) in [6.07, 6.45) is 0.770. The van der Waals surface area contributed by atoms with Crippen LogP contribution in [0, 0.1) is 0 Å². The van der Waals surface area contributed by atoms with E-state index in [4.69, 9.17) is 10.8 Å². The van der Waals surface area contributed by atoms with Crippen molar-refractivity contribution in [2.24, 2.45) is 5.73 Å². The Hall–Kier alpha value is 0.0274. The zero-order chi connectivity index (χ0) is 5.70. The van der Waals surface area contributed by atoms with Crippen molar-refractivity contribution in [1.29, 1.82) is 0 Å². The summed E-state index contributed by atoms with van der Waals surface area (Å²) in [6, 6.07) is 0. The molecule has 0 rings (SSSR count). The molecule has 0 saturated carbocycles. The molecule has 0 aliphatic heterocycles. The number of hydrogen-bond donors (Lipinski definition) is 2. The fraction of sp³-hybridized carbons (Fsp3) is 0.750. The van der Waals surface area contributed by atoms with Crippen LogP contribution in [0.15, 0.2) is 0 Å². The van der Waals surface area contributed by atoms with Gasteiger partial charge in [-0.2, -0.15) is 0 Å². The van der Waals surface area contributed by atoms with Crippen LogP contribution in [0.25, 0.3) is 0 Å². The first-order valence-electron chi connectivity index (χ1n) is 2.19. The quantitative estimate of drug-likeness (QED) is 0.467. The van der Waals surface area contributed by atoms with Crippen LogP contribution in [0.2, 0.25) is 0 Å². The molecule has 0 aromatic carbocycles. The first kappa shape index (κ1) is 10.9. The van der Waals surface area contributed by atoms with Gasteiger partial charge in [0.05, 0.1) is 0 Å². The number of hydrogen-bond acceptors (Lipinski definition) is 2. The molecule has 0 bridgehead atoms. The van der Waals surface area contributed by atoms with Gasteiger partial charge in [-0.15, -0.1) is 0 Å². The van der Waals surface area contributed by atoms with E-state index in [-0.39, 0.29) is 25.3 Å². The van der Waals surface area contributed by atoms with Crippen LogP contribution in [0.4, 0.5) is 0 Å². The molecule has 0 saturated heterocycles. The number of rotatable bonds is 3. The van der Waals surface area contributed by atoms with Gasteiger partial charge >= 0.3 is 24.8 Å². The van der Waals surface area contributed by atoms with Crippen LogP contribution in [-0.2, 0) is 4.79 Å². The van der Waals surface area contributed by atoms with Crippen molar-refractivity contribution in [1.82, 2.24) is 0 Å². The summed E-state index contributed by atoms with van der Waals surface area (Å²) in [5.41, 5.74) is 5.01. The standard InChI is InChI=1S/C4H9NO2.Li.H/c5-3-1-2-4(6)7;;/h1-3,5H2,(H,6,7);;. The average molecular weight is 111 g/mol. The monoisotopic (exact) mass is 111 g/mol. The second kappa shape index (κ2) is 7.03. The number of carbonyl (C=O) groups is 1. The molecule has 0 radical (unpaired) electrons. The Kier molecular flexibility index (Phi) is 9.59. The third-order valence-electron chi connectivity index (χ3n) is 0.595. The molecule has 4 heteroatoms. The van der Waals surface area contributed by atoms with Gasteiger partial charge in [0.25, 0.3) is 0 Å². The number of carboxylic acids is 1. The van der Waals surface area contributed by atoms with Crippen molar-refractivity contribution in [2.45, 2.75) is 12.8 Å². The minimum absolute atomic E-state index is 0. The Morgan fingerprint density at radius 1 is 1.62 bits per heavy atom. The van der Waals surface area contributed by atoms with Crippen LogP contribution in [-0.4, -0.2) is 36.5 Å². The van der Waals surface area contributed by atoms with E-state index in [9.17, 15) is 4.79 Å². The molecule has 0 fully saturated rings. The van der Waals surface area contributed by atoms with E-state index in [1.54, 1.807) is 0 Å². The molecule has 0 atom stereocenters. The normalized spacial score (nSPS) is 7.62. The summed E-state index contributed by atoms with van der Waals surface area (Å²) in [4.78, 5) is 9.70. The maximum atomic E-state index is 9.70. The fourth-order valence-electron chi connectivity index (χ4n) is 0.253. The van der Waals surface area contributed by atoms with Gasteiger partial charge < -0.3 is 10.8 Å². The Morgan fingerprint density at radius 3 is 2.25 bits per heavy atom. The van der Waals surface area contributed by atoms with Gasteiger partial charge in [0.1, 0.15) is 0 Å². The molecule has 0 aromatic rings. The molecule has 44 valence electrons. The van der Waals surface area contributed by atoms with E-state index in [0.29, 0.717) is 13.0 Å². The van der Waals surface area contributed by atoms with E-state index in [1.165, 1.54) is 0 Å². The molecule has 0 heterocycles. The van der Waals surface area contributed by atoms with E-state index < -0.39 is 5.97 Å². The second-order valence-electron chi connectivity index (χ2n) is 1.29. The fourth-order valence-corrected chi connectivity index (χ4v) is 0.253. The van der Waals surface area contributed by atoms with Crippen LogP contribution in [0.5, 0.6) is 0 Å². The first-order chi connectivity index (χ1) is 3.27. The summed E-state index contributed by atoms with van der Waals surface area (Å²) < 4.78 is 0. The zero-order valence-corrected chi connectivity index (χ0v) is 4.05. The number of nitrogens with two attached hydrogens (primary N) is 1. The molecule has 3 nitrogen and oxygen atoms in total. The molecule has 0 aromatic heterocycles. The molecule has 0 aliphatic rings. The van der Waals surface area contributed by atoms with Crippen molar-refractivity contribution in [3.63, 3.8) is 0 Å². The SMILES string of the molecule is NCCCC(=O)O.[LiH]. The summed E-state index contributed by atoms with van der Waals surface area (Å²) >= 11 is 0. The predicted octanol–water partition coefficient (Wildman–Crippen LogP) is -0.839. The molecule has 3 N–H and O–H groups in total. The van der Waals surface area contributed by atoms with Gasteiger partial charge in [-0.3, -0.25) is 4.79 Å². The van der Waals surface area contributed by atoms with E-state index >= 15 is 0 Å². The van der Waals surface area contributed by atoms with Gasteiger partial charge in [0.15, 0.2) is 0 Å². The minimum atomic E-state index is -0.773. The van der Waals surface area contributed by atoms with Crippen molar-refractivity contribution in [3.05, 3.63) is 0 Å². The molecule has 0 amide bonds. The summed E-state index contributed by atoms with van der Waals surface area (Å²) in [7, 11) is 0. The van der Waals surface area contributed by atoms with Crippen molar-refractivity contribution in [3.8, 4) is 0 Å². The number of aliphatic carboxylic acids is 1. The van der Waals surface area contributed by atoms with Crippen LogP contribution >= 0.6 is 0 Å². The average Bonchev–Trinajstić information content (AvgIpc) is 1.61. The second-order valence-corrected chi connectivity index (χ2v) is 1.29. The molecule has 0 aliphatic carbocycles. The Labute approximate surface area is 60.4 Å². The number of carboxylic acid groups (broad SMARTS) is 1. The van der Waals surface area contributed by atoms with E-state index in [1.807, 2.05) is 0 Å². The first-order valence-corrected chi connectivity index (χ1v) is 2.19. The molecular weight excluding hydrogens is 101 g/mol. The van der Waals surface area contributed by atoms with Gasteiger partial charge in [0, 0.05) is 6.42 Å². The van der Waals surface area contributed by atoms with Gasteiger partial charge in [-0.05, 0) is 13.0 Å². The van der Waals surface area contributed by atoms with E-state index in [2.05, 4.69) is 0 Å². The molecule has 0 spiro atoms. The van der Waals surface area contributed by atoms with Crippen LogP contribution < -0.4 is 5.73 Å². The van der Waals surface area contributed by atoms with Crippen LogP contribution in [0.3, 0.4) is 0 Å². The Balaban J connectivity index is 0. The Morgan fingerprint density at radius 2 is 2.12 bits per heavy atom. The third kappa shape index (κ3) is 9.39. The zero-order valence-electron chi connectivity index (χ0n) is 4.05. The molecular formula is C4H10LiNO2. The molecule has 8 heavy (non-hydrogen) atoms. The van der Waals surface area contributed by atoms with Crippen molar-refractivity contribution >= 4 is 24.8 Å². The summed E-state index contributed by atoms with van der Waals surface area (Å²) in [5, 5.41) is 7.99. The van der Waals surface area contributed by atoms with Crippen LogP contribution in [0.1, 0.15) is 12.8 Å². The van der Waals surface area contributed by atoms with E-state index in [0.717, 1.165) is 0 Å². The summed E-state index contributed by atoms with van der Waals surface area (Å²) in [5.74, 6) is -0.773. The van der Waals surface area contributed by atoms with Gasteiger partial charge in [-0.25, -0.2) is 0 Å². The Bertz CT molecular complexity index is 67.1. The molecule has 0 unspecified atom stereocenters.